The van der Waals surface area contributed by atoms with Gasteiger partial charge in [-0.25, -0.2) is 0 Å². The van der Waals surface area contributed by atoms with Crippen LogP contribution >= 0.6 is 22.6 Å². The second-order valence-corrected chi connectivity index (χ2v) is 4.71. The Morgan fingerprint density at radius 3 is 2.53 bits per heavy atom. The van der Waals surface area contributed by atoms with Crippen LogP contribution in [0.3, 0.4) is 0 Å². The van der Waals surface area contributed by atoms with E-state index < -0.39 is 0 Å². The van der Waals surface area contributed by atoms with E-state index in [1.54, 1.807) is 0 Å². The molecule has 1 atom stereocenters. The number of benzene rings is 1. The third kappa shape index (κ3) is 4.20. The maximum Gasteiger partial charge on any atom is 0.306 e. The first-order chi connectivity index (χ1) is 7.13. The first kappa shape index (κ1) is 12.5. The number of esters is 1. The predicted molar refractivity (Wildman–Crippen MR) is 68.8 cm³/mol. The first-order valence-corrected chi connectivity index (χ1v) is 6.12. The van der Waals surface area contributed by atoms with E-state index in [1.165, 1.54) is 9.13 Å². The fraction of sp³-hybridized carbons (Fsp3) is 0.417. The molecule has 0 saturated carbocycles. The maximum atomic E-state index is 11.3. The predicted octanol–water partition coefficient (Wildman–Crippen LogP) is 3.35. The van der Waals surface area contributed by atoms with Gasteiger partial charge in [0.2, 0.25) is 0 Å². The third-order valence-corrected chi connectivity index (χ3v) is 2.94. The van der Waals surface area contributed by atoms with E-state index in [4.69, 9.17) is 4.74 Å². The van der Waals surface area contributed by atoms with Crippen molar-refractivity contribution in [2.75, 3.05) is 6.61 Å². The van der Waals surface area contributed by atoms with Gasteiger partial charge >= 0.3 is 5.97 Å². The second-order valence-electron chi connectivity index (χ2n) is 3.46. The summed E-state index contributed by atoms with van der Waals surface area (Å²) in [6.07, 6.45) is 0.453. The average Bonchev–Trinajstić information content (AvgIpc) is 2.18. The molecule has 2 nitrogen and oxygen atoms in total. The Morgan fingerprint density at radius 1 is 1.40 bits per heavy atom. The quantitative estimate of drug-likeness (QED) is 0.629. The van der Waals surface area contributed by atoms with Gasteiger partial charge in [0.05, 0.1) is 13.0 Å². The van der Waals surface area contributed by atoms with Crippen LogP contribution in [0.1, 0.15) is 31.7 Å². The minimum atomic E-state index is -0.122. The molecular weight excluding hydrogens is 303 g/mol. The largest absolute Gasteiger partial charge is 0.466 e. The lowest BCUT2D eigenvalue weighted by Crippen LogP contribution is -2.08. The zero-order valence-electron chi connectivity index (χ0n) is 9.00. The molecule has 0 radical (unpaired) electrons. The Kier molecular flexibility index (Phi) is 5.08. The minimum Gasteiger partial charge on any atom is -0.466 e. The van der Waals surface area contributed by atoms with E-state index in [2.05, 4.69) is 46.9 Å². The summed E-state index contributed by atoms with van der Waals surface area (Å²) in [6, 6.07) is 8.23. The summed E-state index contributed by atoms with van der Waals surface area (Å²) in [7, 11) is 0. The zero-order chi connectivity index (χ0) is 11.3. The molecule has 0 fully saturated rings. The van der Waals surface area contributed by atoms with E-state index in [1.807, 2.05) is 13.8 Å². The highest BCUT2D eigenvalue weighted by atomic mass is 127. The van der Waals surface area contributed by atoms with Crippen LogP contribution in [-0.4, -0.2) is 12.6 Å². The molecule has 1 aromatic rings. The van der Waals surface area contributed by atoms with Gasteiger partial charge < -0.3 is 4.74 Å². The molecule has 0 aliphatic rings. The van der Waals surface area contributed by atoms with Gasteiger partial charge in [-0.15, -0.1) is 0 Å². The van der Waals surface area contributed by atoms with E-state index in [9.17, 15) is 4.79 Å². The molecule has 0 saturated heterocycles. The van der Waals surface area contributed by atoms with Gasteiger partial charge in [-0.1, -0.05) is 19.1 Å². The van der Waals surface area contributed by atoms with Gasteiger partial charge in [0, 0.05) is 3.57 Å². The Labute approximate surface area is 104 Å². The summed E-state index contributed by atoms with van der Waals surface area (Å²) >= 11 is 2.27. The van der Waals surface area contributed by atoms with Crippen LogP contribution in [0, 0.1) is 3.57 Å². The number of carbonyl (C=O) groups is 1. The number of hydrogen-bond acceptors (Lipinski definition) is 2. The Bertz CT molecular complexity index is 319. The lowest BCUT2D eigenvalue weighted by atomic mass is 9.98. The molecule has 3 heteroatoms. The molecule has 0 heterocycles. The molecule has 15 heavy (non-hydrogen) atoms. The van der Waals surface area contributed by atoms with Crippen LogP contribution in [0.25, 0.3) is 0 Å². The summed E-state index contributed by atoms with van der Waals surface area (Å²) in [5.74, 6) is 0.101. The molecule has 0 N–H and O–H groups in total. The molecule has 82 valence electrons. The van der Waals surface area contributed by atoms with Crippen molar-refractivity contribution in [3.05, 3.63) is 33.4 Å². The molecule has 1 rings (SSSR count). The standard InChI is InChI=1S/C12H15IO2/c1-3-15-12(14)8-9(2)10-4-6-11(13)7-5-10/h4-7,9H,3,8H2,1-2H3/t9-/m0/s1. The summed E-state index contributed by atoms with van der Waals surface area (Å²) < 4.78 is 6.13. The maximum absolute atomic E-state index is 11.3. The number of halogens is 1. The van der Waals surface area contributed by atoms with Crippen LogP contribution in [0.4, 0.5) is 0 Å². The Morgan fingerprint density at radius 2 is 2.00 bits per heavy atom. The van der Waals surface area contributed by atoms with Crippen LogP contribution in [0.2, 0.25) is 0 Å². The fourth-order valence-corrected chi connectivity index (χ4v) is 1.74. The van der Waals surface area contributed by atoms with Gasteiger partial charge in [0.1, 0.15) is 0 Å². The molecule has 0 unspecified atom stereocenters. The second kappa shape index (κ2) is 6.10. The highest BCUT2D eigenvalue weighted by molar-refractivity contribution is 14.1. The lowest BCUT2D eigenvalue weighted by molar-refractivity contribution is -0.143. The molecule has 0 aliphatic heterocycles. The SMILES string of the molecule is CCOC(=O)C[C@H](C)c1ccc(I)cc1. The van der Waals surface area contributed by atoms with Crippen molar-refractivity contribution in [2.24, 2.45) is 0 Å². The zero-order valence-corrected chi connectivity index (χ0v) is 11.2. The Balaban J connectivity index is 2.57. The van der Waals surface area contributed by atoms with E-state index >= 15 is 0 Å². The summed E-state index contributed by atoms with van der Waals surface area (Å²) in [6.45, 7) is 4.32. The van der Waals surface area contributed by atoms with E-state index in [-0.39, 0.29) is 11.9 Å². The first-order valence-electron chi connectivity index (χ1n) is 5.04. The molecule has 1 aromatic carbocycles. The van der Waals surface area contributed by atoms with Crippen molar-refractivity contribution in [3.63, 3.8) is 0 Å². The van der Waals surface area contributed by atoms with Crippen molar-refractivity contribution in [1.29, 1.82) is 0 Å². The molecule has 0 aromatic heterocycles. The van der Waals surface area contributed by atoms with Gasteiger partial charge in [-0.05, 0) is 53.1 Å². The summed E-state index contributed by atoms with van der Waals surface area (Å²) in [5.41, 5.74) is 1.18. The number of rotatable bonds is 4. The topological polar surface area (TPSA) is 26.3 Å². The highest BCUT2D eigenvalue weighted by Crippen LogP contribution is 2.20. The fourth-order valence-electron chi connectivity index (χ4n) is 1.38. The van der Waals surface area contributed by atoms with Gasteiger partial charge in [0.15, 0.2) is 0 Å². The third-order valence-electron chi connectivity index (χ3n) is 2.22. The Hall–Kier alpha value is -0.580. The van der Waals surface area contributed by atoms with Crippen LogP contribution in [0.5, 0.6) is 0 Å². The van der Waals surface area contributed by atoms with Crippen LogP contribution < -0.4 is 0 Å². The summed E-state index contributed by atoms with van der Waals surface area (Å²) in [4.78, 5) is 11.3. The van der Waals surface area contributed by atoms with E-state index in [0.29, 0.717) is 13.0 Å². The van der Waals surface area contributed by atoms with Crippen molar-refractivity contribution in [1.82, 2.24) is 0 Å². The average molecular weight is 318 g/mol. The summed E-state index contributed by atoms with van der Waals surface area (Å²) in [5, 5.41) is 0. The minimum absolute atomic E-state index is 0.122. The molecule has 0 amide bonds. The molecule has 0 bridgehead atoms. The van der Waals surface area contributed by atoms with Crippen molar-refractivity contribution in [3.8, 4) is 0 Å². The van der Waals surface area contributed by atoms with Crippen LogP contribution in [0.15, 0.2) is 24.3 Å². The number of carbonyl (C=O) groups excluding carboxylic acids is 1. The molecule has 0 spiro atoms. The monoisotopic (exact) mass is 318 g/mol. The van der Waals surface area contributed by atoms with Crippen LogP contribution in [-0.2, 0) is 9.53 Å². The van der Waals surface area contributed by atoms with Gasteiger partial charge in [0.25, 0.3) is 0 Å². The smallest absolute Gasteiger partial charge is 0.306 e. The van der Waals surface area contributed by atoms with E-state index in [0.717, 1.165) is 0 Å². The van der Waals surface area contributed by atoms with Crippen molar-refractivity contribution >= 4 is 28.6 Å². The molecular formula is C12H15IO2. The van der Waals surface area contributed by atoms with Gasteiger partial charge in [-0.2, -0.15) is 0 Å². The van der Waals surface area contributed by atoms with Crippen molar-refractivity contribution < 1.29 is 9.53 Å². The highest BCUT2D eigenvalue weighted by Gasteiger charge is 2.11. The van der Waals surface area contributed by atoms with Gasteiger partial charge in [-0.3, -0.25) is 4.79 Å². The normalized spacial score (nSPS) is 12.2. The number of ether oxygens (including phenoxy) is 1. The number of hydrogen-bond donors (Lipinski definition) is 0. The lowest BCUT2D eigenvalue weighted by Gasteiger charge is -2.10. The van der Waals surface area contributed by atoms with Crippen molar-refractivity contribution in [2.45, 2.75) is 26.2 Å². The molecule has 0 aliphatic carbocycles.